The third-order valence-corrected chi connectivity index (χ3v) is 3.94. The summed E-state index contributed by atoms with van der Waals surface area (Å²) in [5, 5.41) is 0. The molecule has 0 spiro atoms. The van der Waals surface area contributed by atoms with Crippen LogP contribution < -0.4 is 0 Å². The lowest BCUT2D eigenvalue weighted by atomic mass is 10.2. The molecule has 7 heteroatoms. The molecule has 0 atom stereocenters. The minimum Gasteiger partial charge on any atom is -0.327 e. The van der Waals surface area contributed by atoms with Crippen LogP contribution in [0.2, 0.25) is 0 Å². The number of halogens is 5. The summed E-state index contributed by atoms with van der Waals surface area (Å²) in [5.41, 5.74) is 0.241. The fourth-order valence-electron chi connectivity index (χ4n) is 1.76. The van der Waals surface area contributed by atoms with Crippen molar-refractivity contribution in [3.05, 3.63) is 32.7 Å². The van der Waals surface area contributed by atoms with Crippen LogP contribution in [0.1, 0.15) is 23.2 Å². The topological polar surface area (TPSA) is 20.3 Å². The lowest BCUT2D eigenvalue weighted by Crippen LogP contribution is -2.40. The quantitative estimate of drug-likeness (QED) is 0.737. The van der Waals surface area contributed by atoms with Crippen molar-refractivity contribution in [1.82, 2.24) is 4.90 Å². The molecular formula is C12H10Br2F3NO. The van der Waals surface area contributed by atoms with E-state index >= 15 is 0 Å². The van der Waals surface area contributed by atoms with Gasteiger partial charge in [-0.15, -0.1) is 0 Å². The lowest BCUT2D eigenvalue weighted by Gasteiger charge is -2.24. The van der Waals surface area contributed by atoms with Crippen LogP contribution in [0.5, 0.6) is 0 Å². The predicted octanol–water partition coefficient (Wildman–Crippen LogP) is 4.38. The highest BCUT2D eigenvalue weighted by Crippen LogP contribution is 2.33. The number of hydrogen-bond acceptors (Lipinski definition) is 1. The van der Waals surface area contributed by atoms with Gasteiger partial charge in [-0.05, 0) is 47.0 Å². The Labute approximate surface area is 125 Å². The Bertz CT molecular complexity index is 500. The molecule has 0 unspecified atom stereocenters. The zero-order valence-electron chi connectivity index (χ0n) is 9.68. The smallest absolute Gasteiger partial charge is 0.327 e. The van der Waals surface area contributed by atoms with Crippen molar-refractivity contribution in [3.8, 4) is 0 Å². The molecule has 1 aromatic rings. The van der Waals surface area contributed by atoms with Crippen molar-refractivity contribution in [2.45, 2.75) is 25.1 Å². The number of carbonyl (C=O) groups excluding carboxylic acids is 1. The summed E-state index contributed by atoms with van der Waals surface area (Å²) in [6.45, 7) is -1.20. The van der Waals surface area contributed by atoms with Gasteiger partial charge < -0.3 is 4.90 Å². The maximum absolute atomic E-state index is 12.5. The lowest BCUT2D eigenvalue weighted by molar-refractivity contribution is -0.141. The largest absolute Gasteiger partial charge is 0.406 e. The van der Waals surface area contributed by atoms with Crippen LogP contribution >= 0.6 is 31.9 Å². The molecule has 0 radical (unpaired) electrons. The maximum Gasteiger partial charge on any atom is 0.406 e. The summed E-state index contributed by atoms with van der Waals surface area (Å²) in [5.74, 6) is -0.590. The molecule has 0 heterocycles. The fraction of sp³-hybridized carbons (Fsp3) is 0.417. The van der Waals surface area contributed by atoms with E-state index in [9.17, 15) is 18.0 Å². The van der Waals surface area contributed by atoms with E-state index in [1.807, 2.05) is 0 Å². The summed E-state index contributed by atoms with van der Waals surface area (Å²) >= 11 is 6.41. The molecular weight excluding hydrogens is 391 g/mol. The van der Waals surface area contributed by atoms with Gasteiger partial charge in [-0.3, -0.25) is 4.79 Å². The zero-order chi connectivity index (χ0) is 14.2. The van der Waals surface area contributed by atoms with Gasteiger partial charge in [0.15, 0.2) is 0 Å². The highest BCUT2D eigenvalue weighted by atomic mass is 79.9. The average molecular weight is 401 g/mol. The summed E-state index contributed by atoms with van der Waals surface area (Å²) in [7, 11) is 0. The predicted molar refractivity (Wildman–Crippen MR) is 72.0 cm³/mol. The van der Waals surface area contributed by atoms with Crippen molar-refractivity contribution in [3.63, 3.8) is 0 Å². The first-order chi connectivity index (χ1) is 8.78. The number of amides is 1. The number of hydrogen-bond donors (Lipinski definition) is 0. The van der Waals surface area contributed by atoms with Crippen LogP contribution in [0.15, 0.2) is 27.1 Å². The van der Waals surface area contributed by atoms with E-state index in [4.69, 9.17) is 0 Å². The van der Waals surface area contributed by atoms with E-state index in [2.05, 4.69) is 31.9 Å². The third kappa shape index (κ3) is 3.95. The minimum atomic E-state index is -4.38. The van der Waals surface area contributed by atoms with Crippen LogP contribution in [-0.2, 0) is 0 Å². The summed E-state index contributed by atoms with van der Waals surface area (Å²) in [4.78, 5) is 13.2. The van der Waals surface area contributed by atoms with Crippen LogP contribution in [0.3, 0.4) is 0 Å². The third-order valence-electron chi connectivity index (χ3n) is 2.76. The molecule has 2 nitrogen and oxygen atoms in total. The molecule has 0 aromatic heterocycles. The zero-order valence-corrected chi connectivity index (χ0v) is 12.8. The molecule has 104 valence electrons. The van der Waals surface area contributed by atoms with Gasteiger partial charge in [-0.1, -0.05) is 15.9 Å². The molecule has 1 aromatic carbocycles. The van der Waals surface area contributed by atoms with Crippen molar-refractivity contribution in [2.24, 2.45) is 0 Å². The molecule has 2 rings (SSSR count). The van der Waals surface area contributed by atoms with Crippen molar-refractivity contribution in [2.75, 3.05) is 6.54 Å². The van der Waals surface area contributed by atoms with Gasteiger partial charge in [-0.25, -0.2) is 0 Å². The summed E-state index contributed by atoms with van der Waals surface area (Å²) in [6.07, 6.45) is -3.11. The number of carbonyl (C=O) groups is 1. The van der Waals surface area contributed by atoms with Crippen molar-refractivity contribution in [1.29, 1.82) is 0 Å². The maximum atomic E-state index is 12.5. The highest BCUT2D eigenvalue weighted by molar-refractivity contribution is 9.11. The summed E-state index contributed by atoms with van der Waals surface area (Å²) < 4.78 is 38.8. The second-order valence-corrected chi connectivity index (χ2v) is 6.17. The monoisotopic (exact) mass is 399 g/mol. The van der Waals surface area contributed by atoms with Crippen molar-refractivity contribution >= 4 is 37.8 Å². The Morgan fingerprint density at radius 1 is 1.32 bits per heavy atom. The number of benzene rings is 1. The molecule has 0 saturated heterocycles. The van der Waals surface area contributed by atoms with Crippen LogP contribution in [-0.4, -0.2) is 29.6 Å². The van der Waals surface area contributed by atoms with Gasteiger partial charge in [0, 0.05) is 15.0 Å². The molecule has 19 heavy (non-hydrogen) atoms. The first kappa shape index (κ1) is 14.8. The van der Waals surface area contributed by atoms with E-state index < -0.39 is 18.6 Å². The molecule has 1 aliphatic rings. The van der Waals surface area contributed by atoms with E-state index in [1.165, 1.54) is 6.07 Å². The van der Waals surface area contributed by atoms with E-state index in [0.29, 0.717) is 21.8 Å². The Balaban J connectivity index is 2.26. The average Bonchev–Trinajstić information content (AvgIpc) is 3.11. The minimum absolute atomic E-state index is 0.241. The van der Waals surface area contributed by atoms with Crippen LogP contribution in [0, 0.1) is 0 Å². The van der Waals surface area contributed by atoms with E-state index in [-0.39, 0.29) is 11.6 Å². The Morgan fingerprint density at radius 3 is 2.47 bits per heavy atom. The first-order valence-electron chi connectivity index (χ1n) is 5.61. The Hall–Kier alpha value is -0.560. The standard InChI is InChI=1S/C12H10Br2F3NO/c13-7-1-4-10(14)9(5-7)11(19)18(8-2-3-8)6-12(15,16)17/h1,4-5,8H,2-3,6H2. The van der Waals surface area contributed by atoms with Gasteiger partial charge in [0.05, 0.1) is 5.56 Å². The molecule has 1 fully saturated rings. The van der Waals surface area contributed by atoms with Gasteiger partial charge in [0.2, 0.25) is 0 Å². The molecule has 1 saturated carbocycles. The van der Waals surface area contributed by atoms with Gasteiger partial charge in [-0.2, -0.15) is 13.2 Å². The second kappa shape index (κ2) is 5.44. The SMILES string of the molecule is O=C(c1cc(Br)ccc1Br)N(CC(F)(F)F)C1CC1. The summed E-state index contributed by atoms with van der Waals surface area (Å²) in [6, 6.07) is 4.58. The van der Waals surface area contributed by atoms with Crippen LogP contribution in [0.25, 0.3) is 0 Å². The molecule has 1 aliphatic carbocycles. The number of rotatable bonds is 3. The highest BCUT2D eigenvalue weighted by Gasteiger charge is 2.41. The molecule has 1 amide bonds. The number of alkyl halides is 3. The van der Waals surface area contributed by atoms with Gasteiger partial charge in [0.25, 0.3) is 5.91 Å². The molecule has 0 N–H and O–H groups in total. The van der Waals surface area contributed by atoms with Gasteiger partial charge in [0.1, 0.15) is 6.54 Å². The van der Waals surface area contributed by atoms with E-state index in [0.717, 1.165) is 4.90 Å². The van der Waals surface area contributed by atoms with Crippen molar-refractivity contribution < 1.29 is 18.0 Å². The van der Waals surface area contributed by atoms with E-state index in [1.54, 1.807) is 12.1 Å². The number of nitrogens with zero attached hydrogens (tertiary/aromatic N) is 1. The van der Waals surface area contributed by atoms with Crippen LogP contribution in [0.4, 0.5) is 13.2 Å². The Morgan fingerprint density at radius 2 is 1.95 bits per heavy atom. The second-order valence-electron chi connectivity index (χ2n) is 4.40. The Kier molecular flexibility index (Phi) is 4.25. The molecule has 0 aliphatic heterocycles. The molecule has 0 bridgehead atoms. The normalized spacial score (nSPS) is 15.4. The fourth-order valence-corrected chi connectivity index (χ4v) is 2.54. The van der Waals surface area contributed by atoms with Gasteiger partial charge >= 0.3 is 6.18 Å². The first-order valence-corrected chi connectivity index (χ1v) is 7.19.